The molecule has 0 radical (unpaired) electrons. The SMILES string of the molecule is Cc1nnc2n1CCN(C(=O)C(CCn1cccc1C#N)NS(=O)(=O)c1cccc3[nH]ccc13)C2. The van der Waals surface area contributed by atoms with Gasteiger partial charge in [0.1, 0.15) is 23.6 Å². The summed E-state index contributed by atoms with van der Waals surface area (Å²) in [7, 11) is -4.03. The molecule has 0 aliphatic carbocycles. The number of sulfonamides is 1. The molecule has 0 bridgehead atoms. The molecule has 1 amide bonds. The molecule has 0 spiro atoms. The van der Waals surface area contributed by atoms with Crippen molar-refractivity contribution in [2.45, 2.75) is 43.9 Å². The number of nitrogens with one attached hydrogen (secondary N) is 2. The highest BCUT2D eigenvalue weighted by Gasteiger charge is 2.32. The van der Waals surface area contributed by atoms with Gasteiger partial charge in [-0.25, -0.2) is 8.42 Å². The predicted octanol–water partition coefficient (Wildman–Crippen LogP) is 1.52. The number of rotatable bonds is 7. The van der Waals surface area contributed by atoms with Gasteiger partial charge in [-0.1, -0.05) is 6.07 Å². The minimum atomic E-state index is -4.03. The number of aryl methyl sites for hydroxylation is 2. The fraction of sp³-hybridized carbons (Fsp3) is 0.304. The second-order valence-corrected chi connectivity index (χ2v) is 10.1. The summed E-state index contributed by atoms with van der Waals surface area (Å²) in [6.45, 7) is 3.36. The third-order valence-corrected chi connectivity index (χ3v) is 7.82. The number of hydrogen-bond acceptors (Lipinski definition) is 6. The molecule has 12 heteroatoms. The van der Waals surface area contributed by atoms with Crippen LogP contribution in [0.4, 0.5) is 0 Å². The lowest BCUT2D eigenvalue weighted by atomic mass is 10.1. The van der Waals surface area contributed by atoms with E-state index in [-0.39, 0.29) is 23.8 Å². The minimum Gasteiger partial charge on any atom is -0.361 e. The first-order chi connectivity index (χ1) is 16.9. The van der Waals surface area contributed by atoms with Gasteiger partial charge in [-0.05, 0) is 43.7 Å². The number of amides is 1. The fourth-order valence-corrected chi connectivity index (χ4v) is 5.91. The van der Waals surface area contributed by atoms with E-state index in [0.29, 0.717) is 42.1 Å². The topological polar surface area (TPSA) is 142 Å². The zero-order valence-corrected chi connectivity index (χ0v) is 19.9. The summed E-state index contributed by atoms with van der Waals surface area (Å²) in [5.41, 5.74) is 1.13. The number of carbonyl (C=O) groups excluding carboxylic acids is 1. The second-order valence-electron chi connectivity index (χ2n) is 8.43. The number of hydrogen-bond donors (Lipinski definition) is 2. The molecule has 1 unspecified atom stereocenters. The van der Waals surface area contributed by atoms with E-state index in [2.05, 4.69) is 26.0 Å². The first-order valence-electron chi connectivity index (χ1n) is 11.2. The highest BCUT2D eigenvalue weighted by Crippen LogP contribution is 2.23. The number of nitrogens with zero attached hydrogens (tertiary/aromatic N) is 6. The Labute approximate surface area is 202 Å². The van der Waals surface area contributed by atoms with E-state index >= 15 is 0 Å². The first kappa shape index (κ1) is 22.8. The number of fused-ring (bicyclic) bond motifs is 2. The Bertz CT molecular complexity index is 1540. The van der Waals surface area contributed by atoms with Crippen LogP contribution in [0.25, 0.3) is 10.9 Å². The molecule has 0 fully saturated rings. The summed E-state index contributed by atoms with van der Waals surface area (Å²) in [5.74, 6) is 1.10. The van der Waals surface area contributed by atoms with Gasteiger partial charge in [-0.3, -0.25) is 4.79 Å². The van der Waals surface area contributed by atoms with Gasteiger partial charge in [0, 0.05) is 42.9 Å². The smallest absolute Gasteiger partial charge is 0.241 e. The van der Waals surface area contributed by atoms with Crippen molar-refractivity contribution in [1.29, 1.82) is 5.26 Å². The van der Waals surface area contributed by atoms with Crippen LogP contribution in [0, 0.1) is 18.3 Å². The molecule has 1 aliphatic heterocycles. The van der Waals surface area contributed by atoms with E-state index in [1.165, 1.54) is 6.07 Å². The van der Waals surface area contributed by atoms with Gasteiger partial charge in [-0.2, -0.15) is 9.98 Å². The molecule has 2 N–H and O–H groups in total. The molecule has 5 rings (SSSR count). The highest BCUT2D eigenvalue weighted by atomic mass is 32.2. The molecule has 180 valence electrons. The molecule has 4 aromatic rings. The minimum absolute atomic E-state index is 0.0988. The standard InChI is InChI=1S/C23H24N8O3S/c1-16-26-27-22-15-30(12-13-31(16)22)23(32)20(8-11-29-10-3-4-17(29)14-24)28-35(33,34)21-6-2-5-19-18(21)7-9-25-19/h2-7,9-10,20,25,28H,8,11-13,15H2,1H3. The van der Waals surface area contributed by atoms with Crippen LogP contribution in [0.3, 0.4) is 0 Å². The van der Waals surface area contributed by atoms with Crippen molar-refractivity contribution >= 4 is 26.8 Å². The zero-order valence-electron chi connectivity index (χ0n) is 19.0. The van der Waals surface area contributed by atoms with Crippen LogP contribution in [0.2, 0.25) is 0 Å². The van der Waals surface area contributed by atoms with Crippen molar-refractivity contribution in [2.24, 2.45) is 0 Å². The number of benzene rings is 1. The van der Waals surface area contributed by atoms with Crippen LogP contribution in [0.5, 0.6) is 0 Å². The molecule has 4 heterocycles. The van der Waals surface area contributed by atoms with Crippen molar-refractivity contribution < 1.29 is 13.2 Å². The van der Waals surface area contributed by atoms with E-state index in [4.69, 9.17) is 0 Å². The Morgan fingerprint density at radius 1 is 1.23 bits per heavy atom. The summed E-state index contributed by atoms with van der Waals surface area (Å²) < 4.78 is 33.2. The summed E-state index contributed by atoms with van der Waals surface area (Å²) in [5, 5.41) is 18.1. The second kappa shape index (κ2) is 9.01. The van der Waals surface area contributed by atoms with Crippen LogP contribution in [-0.4, -0.2) is 56.1 Å². The van der Waals surface area contributed by atoms with Gasteiger partial charge in [0.2, 0.25) is 15.9 Å². The molecular weight excluding hydrogens is 468 g/mol. The lowest BCUT2D eigenvalue weighted by Crippen LogP contribution is -2.50. The largest absolute Gasteiger partial charge is 0.361 e. The summed E-state index contributed by atoms with van der Waals surface area (Å²) in [6, 6.07) is 11.2. The van der Waals surface area contributed by atoms with Gasteiger partial charge >= 0.3 is 0 Å². The quantitative estimate of drug-likeness (QED) is 0.401. The Morgan fingerprint density at radius 2 is 2.09 bits per heavy atom. The van der Waals surface area contributed by atoms with Crippen molar-refractivity contribution in [2.75, 3.05) is 6.54 Å². The maximum Gasteiger partial charge on any atom is 0.241 e. The van der Waals surface area contributed by atoms with Crippen molar-refractivity contribution in [3.8, 4) is 6.07 Å². The maximum absolute atomic E-state index is 13.6. The van der Waals surface area contributed by atoms with Crippen LogP contribution < -0.4 is 4.72 Å². The number of nitriles is 1. The average molecular weight is 493 g/mol. The van der Waals surface area contributed by atoms with E-state index in [0.717, 1.165) is 5.82 Å². The molecule has 1 atom stereocenters. The lowest BCUT2D eigenvalue weighted by Gasteiger charge is -2.31. The van der Waals surface area contributed by atoms with E-state index in [9.17, 15) is 18.5 Å². The van der Waals surface area contributed by atoms with Gasteiger partial charge in [0.05, 0.1) is 11.4 Å². The summed E-state index contributed by atoms with van der Waals surface area (Å²) in [4.78, 5) is 18.3. The molecule has 0 saturated carbocycles. The number of aromatic nitrogens is 5. The van der Waals surface area contributed by atoms with Gasteiger partial charge in [0.25, 0.3) is 0 Å². The molecule has 35 heavy (non-hydrogen) atoms. The van der Waals surface area contributed by atoms with Crippen molar-refractivity contribution in [1.82, 2.24) is 33.9 Å². The molecular formula is C23H24N8O3S. The van der Waals surface area contributed by atoms with Crippen LogP contribution in [-0.2, 0) is 34.5 Å². The first-order valence-corrected chi connectivity index (χ1v) is 12.7. The van der Waals surface area contributed by atoms with E-state index in [1.807, 2.05) is 11.5 Å². The normalized spacial score (nSPS) is 14.6. The summed E-state index contributed by atoms with van der Waals surface area (Å²) >= 11 is 0. The number of aromatic amines is 1. The zero-order chi connectivity index (χ0) is 24.6. The van der Waals surface area contributed by atoms with Gasteiger partial charge in [0.15, 0.2) is 5.82 Å². The summed E-state index contributed by atoms with van der Waals surface area (Å²) in [6.07, 6.45) is 3.59. The molecule has 1 aliphatic rings. The monoisotopic (exact) mass is 492 g/mol. The Morgan fingerprint density at radius 3 is 2.91 bits per heavy atom. The molecule has 1 aromatic carbocycles. The lowest BCUT2D eigenvalue weighted by molar-refractivity contribution is -0.134. The van der Waals surface area contributed by atoms with Crippen molar-refractivity contribution in [3.05, 3.63) is 66.1 Å². The molecule has 3 aromatic heterocycles. The van der Waals surface area contributed by atoms with E-state index in [1.54, 1.807) is 52.2 Å². The molecule has 0 saturated heterocycles. The van der Waals surface area contributed by atoms with Crippen molar-refractivity contribution in [3.63, 3.8) is 0 Å². The third kappa shape index (κ3) is 4.31. The molecule has 11 nitrogen and oxygen atoms in total. The van der Waals surface area contributed by atoms with Gasteiger partial charge < -0.3 is 19.0 Å². The highest BCUT2D eigenvalue weighted by molar-refractivity contribution is 7.89. The van der Waals surface area contributed by atoms with Crippen LogP contribution in [0.1, 0.15) is 23.8 Å². The Hall–Kier alpha value is -3.95. The van der Waals surface area contributed by atoms with Crippen LogP contribution >= 0.6 is 0 Å². The average Bonchev–Trinajstić information content (AvgIpc) is 3.60. The number of carbonyl (C=O) groups is 1. The Balaban J connectivity index is 1.43. The van der Waals surface area contributed by atoms with Gasteiger partial charge in [-0.15, -0.1) is 10.2 Å². The number of H-pyrrole nitrogens is 1. The predicted molar refractivity (Wildman–Crippen MR) is 126 cm³/mol. The Kier molecular flexibility index (Phi) is 5.88. The fourth-order valence-electron chi connectivity index (χ4n) is 4.46. The maximum atomic E-state index is 13.6. The van der Waals surface area contributed by atoms with E-state index < -0.39 is 16.1 Å². The third-order valence-electron chi connectivity index (χ3n) is 6.29. The van der Waals surface area contributed by atoms with Crippen LogP contribution in [0.15, 0.2) is 53.7 Å².